The maximum absolute atomic E-state index is 13.4. The summed E-state index contributed by atoms with van der Waals surface area (Å²) in [6.45, 7) is 11.2. The largest absolute Gasteiger partial charge is 0.462 e. The molecular weight excluding hydrogens is 311 g/mol. The molecule has 5 heteroatoms. The molecule has 1 aromatic rings. The minimum atomic E-state index is -3.09. The van der Waals surface area contributed by atoms with Gasteiger partial charge < -0.3 is 9.26 Å². The predicted molar refractivity (Wildman–Crippen MR) is 94.3 cm³/mol. The van der Waals surface area contributed by atoms with Gasteiger partial charge in [-0.1, -0.05) is 52.8 Å². The van der Waals surface area contributed by atoms with Crippen molar-refractivity contribution in [3.63, 3.8) is 0 Å². The second kappa shape index (κ2) is 8.01. The summed E-state index contributed by atoms with van der Waals surface area (Å²) in [4.78, 5) is 12.2. The van der Waals surface area contributed by atoms with Gasteiger partial charge in [-0.25, -0.2) is 0 Å². The van der Waals surface area contributed by atoms with Crippen molar-refractivity contribution in [1.29, 1.82) is 0 Å². The number of rotatable bonds is 7. The van der Waals surface area contributed by atoms with Crippen LogP contribution in [0.4, 0.5) is 0 Å². The summed E-state index contributed by atoms with van der Waals surface area (Å²) in [7, 11) is -3.09. The molecule has 0 aliphatic heterocycles. The van der Waals surface area contributed by atoms with Crippen LogP contribution in [0, 0.1) is 5.92 Å². The van der Waals surface area contributed by atoms with Gasteiger partial charge in [0.2, 0.25) is 0 Å². The van der Waals surface area contributed by atoms with Gasteiger partial charge in [0.25, 0.3) is 7.37 Å². The van der Waals surface area contributed by atoms with Gasteiger partial charge in [0, 0.05) is 11.3 Å². The Morgan fingerprint density at radius 3 is 2.22 bits per heavy atom. The molecule has 1 aromatic carbocycles. The van der Waals surface area contributed by atoms with E-state index in [4.69, 9.17) is 9.26 Å². The van der Waals surface area contributed by atoms with Crippen molar-refractivity contribution in [2.24, 2.45) is 5.92 Å². The van der Waals surface area contributed by atoms with Crippen molar-refractivity contribution >= 4 is 13.3 Å². The van der Waals surface area contributed by atoms with E-state index in [-0.39, 0.29) is 18.2 Å². The van der Waals surface area contributed by atoms with Crippen LogP contribution in [0.15, 0.2) is 30.3 Å². The minimum absolute atomic E-state index is 0.131. The van der Waals surface area contributed by atoms with E-state index in [2.05, 4.69) is 0 Å². The lowest BCUT2D eigenvalue weighted by molar-refractivity contribution is -0.152. The van der Waals surface area contributed by atoms with Crippen LogP contribution in [-0.2, 0) is 14.1 Å². The molecule has 0 aliphatic carbocycles. The standard InChI is InChI=1S/C18H29O4P/c1-7-15(3)21-17(19)14(2)13-23(20,18(4,5)6)22-16-11-9-8-10-12-16/h8-12,14-15H,7,13H2,1-6H3/t14-,15?,23?/m1/s1. The topological polar surface area (TPSA) is 52.6 Å². The fraction of sp³-hybridized carbons (Fsp3) is 0.611. The third kappa shape index (κ3) is 5.69. The summed E-state index contributed by atoms with van der Waals surface area (Å²) < 4.78 is 24.7. The van der Waals surface area contributed by atoms with Crippen molar-refractivity contribution in [3.05, 3.63) is 30.3 Å². The summed E-state index contributed by atoms with van der Waals surface area (Å²) in [5, 5.41) is -0.562. The van der Waals surface area contributed by atoms with E-state index >= 15 is 0 Å². The number of para-hydroxylation sites is 1. The number of ether oxygens (including phenoxy) is 1. The molecule has 0 heterocycles. The fourth-order valence-electron chi connectivity index (χ4n) is 1.93. The van der Waals surface area contributed by atoms with E-state index < -0.39 is 18.4 Å². The van der Waals surface area contributed by atoms with Gasteiger partial charge in [-0.05, 0) is 25.5 Å². The zero-order valence-electron chi connectivity index (χ0n) is 15.0. The molecule has 4 nitrogen and oxygen atoms in total. The van der Waals surface area contributed by atoms with E-state index in [1.165, 1.54) is 0 Å². The van der Waals surface area contributed by atoms with Crippen molar-refractivity contribution in [3.8, 4) is 5.75 Å². The van der Waals surface area contributed by atoms with Crippen LogP contribution in [0.5, 0.6) is 5.75 Å². The Hall–Kier alpha value is -1.28. The highest BCUT2D eigenvalue weighted by Gasteiger charge is 2.42. The molecule has 0 saturated carbocycles. The van der Waals surface area contributed by atoms with Crippen molar-refractivity contribution < 1.29 is 18.6 Å². The lowest BCUT2D eigenvalue weighted by Crippen LogP contribution is -2.28. The highest BCUT2D eigenvalue weighted by Crippen LogP contribution is 2.59. The van der Waals surface area contributed by atoms with Crippen molar-refractivity contribution in [2.45, 2.75) is 59.2 Å². The summed E-state index contributed by atoms with van der Waals surface area (Å²) in [6, 6.07) is 9.11. The first kappa shape index (κ1) is 19.8. The average molecular weight is 340 g/mol. The number of esters is 1. The van der Waals surface area contributed by atoms with Gasteiger partial charge >= 0.3 is 5.97 Å². The maximum Gasteiger partial charge on any atom is 0.309 e. The van der Waals surface area contributed by atoms with Crippen molar-refractivity contribution in [2.75, 3.05) is 6.16 Å². The highest BCUT2D eigenvalue weighted by atomic mass is 31.2. The van der Waals surface area contributed by atoms with Crippen LogP contribution >= 0.6 is 7.37 Å². The predicted octanol–water partition coefficient (Wildman–Crippen LogP) is 5.12. The average Bonchev–Trinajstić information content (AvgIpc) is 2.46. The summed E-state index contributed by atoms with van der Waals surface area (Å²) >= 11 is 0. The summed E-state index contributed by atoms with van der Waals surface area (Å²) in [5.41, 5.74) is 0. The Labute approximate surface area is 140 Å². The van der Waals surface area contributed by atoms with E-state index in [9.17, 15) is 9.36 Å². The molecule has 2 unspecified atom stereocenters. The number of hydrogen-bond acceptors (Lipinski definition) is 4. The van der Waals surface area contributed by atoms with Gasteiger partial charge in [0.05, 0.1) is 12.0 Å². The zero-order chi connectivity index (χ0) is 17.7. The molecule has 0 N–H and O–H groups in total. The van der Waals surface area contributed by atoms with E-state index in [0.717, 1.165) is 6.42 Å². The Bertz CT molecular complexity index is 548. The number of carbonyl (C=O) groups excluding carboxylic acids is 1. The molecule has 0 fully saturated rings. The minimum Gasteiger partial charge on any atom is -0.462 e. The second-order valence-corrected chi connectivity index (χ2v) is 10.2. The first-order valence-corrected chi connectivity index (χ1v) is 9.94. The Kier molecular flexibility index (Phi) is 6.88. The van der Waals surface area contributed by atoms with Crippen LogP contribution < -0.4 is 4.52 Å². The maximum atomic E-state index is 13.4. The molecular formula is C18H29O4P. The number of hydrogen-bond donors (Lipinski definition) is 0. The summed E-state index contributed by atoms with van der Waals surface area (Å²) in [6.07, 6.45) is 0.797. The number of carbonyl (C=O) groups is 1. The molecule has 1 rings (SSSR count). The zero-order valence-corrected chi connectivity index (χ0v) is 15.9. The Morgan fingerprint density at radius 2 is 1.74 bits per heavy atom. The summed E-state index contributed by atoms with van der Waals surface area (Å²) in [5.74, 6) is -0.230. The van der Waals surface area contributed by atoms with Crippen LogP contribution in [0.1, 0.15) is 48.0 Å². The molecule has 0 spiro atoms. The molecule has 0 radical (unpaired) electrons. The monoisotopic (exact) mass is 340 g/mol. The Balaban J connectivity index is 2.91. The molecule has 0 aromatic heterocycles. The second-order valence-electron chi connectivity index (χ2n) is 6.99. The van der Waals surface area contributed by atoms with Crippen LogP contribution in [-0.4, -0.2) is 23.4 Å². The Morgan fingerprint density at radius 1 is 1.17 bits per heavy atom. The van der Waals surface area contributed by atoms with Gasteiger partial charge in [0.15, 0.2) is 0 Å². The third-order valence-corrected chi connectivity index (χ3v) is 7.41. The smallest absolute Gasteiger partial charge is 0.309 e. The molecule has 0 bridgehead atoms. The molecule has 0 saturated heterocycles. The van der Waals surface area contributed by atoms with Gasteiger partial charge in [0.1, 0.15) is 5.75 Å². The molecule has 23 heavy (non-hydrogen) atoms. The lowest BCUT2D eigenvalue weighted by Gasteiger charge is -2.32. The molecule has 3 atom stereocenters. The van der Waals surface area contributed by atoms with E-state index in [1.807, 2.05) is 52.8 Å². The SMILES string of the molecule is CCC(C)OC(=O)[C@H](C)CP(=O)(Oc1ccccc1)C(C)(C)C. The quantitative estimate of drug-likeness (QED) is 0.511. The third-order valence-electron chi connectivity index (χ3n) is 3.83. The van der Waals surface area contributed by atoms with E-state index in [1.54, 1.807) is 19.1 Å². The molecule has 0 amide bonds. The normalized spacial score (nSPS) is 17.0. The molecule has 130 valence electrons. The van der Waals surface area contributed by atoms with Gasteiger partial charge in [-0.15, -0.1) is 0 Å². The number of benzene rings is 1. The highest BCUT2D eigenvalue weighted by molar-refractivity contribution is 7.61. The lowest BCUT2D eigenvalue weighted by atomic mass is 10.2. The van der Waals surface area contributed by atoms with Crippen LogP contribution in [0.3, 0.4) is 0 Å². The van der Waals surface area contributed by atoms with Gasteiger partial charge in [-0.2, -0.15) is 0 Å². The fourth-order valence-corrected chi connectivity index (χ4v) is 4.16. The molecule has 0 aliphatic rings. The first-order valence-electron chi connectivity index (χ1n) is 8.13. The van der Waals surface area contributed by atoms with Crippen molar-refractivity contribution in [1.82, 2.24) is 0 Å². The van der Waals surface area contributed by atoms with Crippen LogP contribution in [0.2, 0.25) is 0 Å². The van der Waals surface area contributed by atoms with E-state index in [0.29, 0.717) is 5.75 Å². The van der Waals surface area contributed by atoms with Crippen LogP contribution in [0.25, 0.3) is 0 Å². The van der Waals surface area contributed by atoms with Gasteiger partial charge in [-0.3, -0.25) is 9.36 Å². The first-order chi connectivity index (χ1) is 10.6.